The molecule has 0 unspecified atom stereocenters. The van der Waals surface area contributed by atoms with E-state index in [-0.39, 0.29) is 17.3 Å². The molecule has 0 radical (unpaired) electrons. The Labute approximate surface area is 182 Å². The molecular formula is C21H25ClN4O3S. The molecule has 2 N–H and O–H groups in total. The van der Waals surface area contributed by atoms with Gasteiger partial charge in [0.1, 0.15) is 0 Å². The van der Waals surface area contributed by atoms with E-state index in [1.54, 1.807) is 12.1 Å². The van der Waals surface area contributed by atoms with Crippen LogP contribution in [0.2, 0.25) is 5.02 Å². The highest BCUT2D eigenvalue weighted by Crippen LogP contribution is 2.30. The fourth-order valence-corrected chi connectivity index (χ4v) is 4.33. The smallest absolute Gasteiger partial charge is 0.255 e. The minimum absolute atomic E-state index is 0.0850. The van der Waals surface area contributed by atoms with Gasteiger partial charge in [-0.2, -0.15) is 0 Å². The zero-order valence-electron chi connectivity index (χ0n) is 16.8. The summed E-state index contributed by atoms with van der Waals surface area (Å²) < 4.78 is 26.7. The van der Waals surface area contributed by atoms with Crippen molar-refractivity contribution < 1.29 is 13.2 Å². The molecule has 0 aromatic heterocycles. The maximum absolute atomic E-state index is 12.8. The molecule has 2 aromatic rings. The Hall–Kier alpha value is -2.39. The van der Waals surface area contributed by atoms with Gasteiger partial charge in [0.15, 0.2) is 0 Å². The van der Waals surface area contributed by atoms with E-state index in [0.717, 1.165) is 31.9 Å². The van der Waals surface area contributed by atoms with Gasteiger partial charge < -0.3 is 15.1 Å². The molecular weight excluding hydrogens is 424 g/mol. The second-order valence-corrected chi connectivity index (χ2v) is 9.27. The maximum Gasteiger partial charge on any atom is 0.255 e. The van der Waals surface area contributed by atoms with Gasteiger partial charge in [-0.05, 0) is 49.5 Å². The molecule has 1 heterocycles. The van der Waals surface area contributed by atoms with Crippen molar-refractivity contribution in [2.24, 2.45) is 0 Å². The Morgan fingerprint density at radius 2 is 1.80 bits per heavy atom. The predicted molar refractivity (Wildman–Crippen MR) is 121 cm³/mol. The number of hydrogen-bond acceptors (Lipinski definition) is 5. The Morgan fingerprint density at radius 3 is 2.43 bits per heavy atom. The summed E-state index contributed by atoms with van der Waals surface area (Å²) in [4.78, 5) is 17.3. The molecule has 1 amide bonds. The van der Waals surface area contributed by atoms with Crippen molar-refractivity contribution in [1.29, 1.82) is 0 Å². The highest BCUT2D eigenvalue weighted by Gasteiger charge is 2.19. The molecule has 7 nitrogen and oxygen atoms in total. The second-order valence-electron chi connectivity index (χ2n) is 7.07. The second kappa shape index (κ2) is 9.61. The summed E-state index contributed by atoms with van der Waals surface area (Å²) >= 11 is 6.16. The van der Waals surface area contributed by atoms with Crippen LogP contribution >= 0.6 is 11.6 Å². The van der Waals surface area contributed by atoms with Crippen LogP contribution in [0.15, 0.2) is 60.0 Å². The van der Waals surface area contributed by atoms with Crippen molar-refractivity contribution in [2.75, 3.05) is 50.0 Å². The average Bonchev–Trinajstić information content (AvgIpc) is 2.73. The van der Waals surface area contributed by atoms with Gasteiger partial charge in [-0.15, -0.1) is 6.58 Å². The number of rotatable bonds is 7. The number of benzene rings is 2. The molecule has 1 fully saturated rings. The van der Waals surface area contributed by atoms with E-state index >= 15 is 0 Å². The molecule has 3 rings (SSSR count). The number of carbonyl (C=O) groups is 1. The molecule has 160 valence electrons. The van der Waals surface area contributed by atoms with E-state index in [0.29, 0.717) is 16.3 Å². The van der Waals surface area contributed by atoms with Gasteiger partial charge in [0.05, 0.1) is 16.3 Å². The Bertz CT molecular complexity index is 1020. The molecule has 2 aromatic carbocycles. The molecule has 0 bridgehead atoms. The van der Waals surface area contributed by atoms with E-state index in [2.05, 4.69) is 33.5 Å². The van der Waals surface area contributed by atoms with Crippen molar-refractivity contribution in [2.45, 2.75) is 4.90 Å². The van der Waals surface area contributed by atoms with Gasteiger partial charge in [0, 0.05) is 43.3 Å². The molecule has 1 saturated heterocycles. The van der Waals surface area contributed by atoms with Gasteiger partial charge in [-0.25, -0.2) is 13.1 Å². The third kappa shape index (κ3) is 5.40. The number of piperazine rings is 1. The predicted octanol–water partition coefficient (Wildman–Crippen LogP) is 2.81. The summed E-state index contributed by atoms with van der Waals surface area (Å²) in [6.45, 7) is 7.20. The number of nitrogens with zero attached hydrogens (tertiary/aromatic N) is 2. The number of halogens is 1. The SMILES string of the molecule is C=CCNS(=O)(=O)c1ccc(C(=O)Nc2cc(Cl)ccc2N2CCN(C)CC2)cc1. The summed E-state index contributed by atoms with van der Waals surface area (Å²) in [7, 11) is -1.55. The molecule has 0 spiro atoms. The first-order chi connectivity index (χ1) is 14.3. The summed E-state index contributed by atoms with van der Waals surface area (Å²) in [6, 6.07) is 11.2. The lowest BCUT2D eigenvalue weighted by Gasteiger charge is -2.35. The van der Waals surface area contributed by atoms with E-state index in [1.807, 2.05) is 6.07 Å². The lowest BCUT2D eigenvalue weighted by molar-refractivity contribution is 0.102. The van der Waals surface area contributed by atoms with E-state index in [9.17, 15) is 13.2 Å². The summed E-state index contributed by atoms with van der Waals surface area (Å²) in [5.74, 6) is -0.337. The molecule has 9 heteroatoms. The summed E-state index contributed by atoms with van der Waals surface area (Å²) in [5.41, 5.74) is 1.89. The molecule has 0 atom stereocenters. The number of carbonyl (C=O) groups excluding carboxylic acids is 1. The van der Waals surface area contributed by atoms with Crippen molar-refractivity contribution in [3.05, 3.63) is 65.7 Å². The van der Waals surface area contributed by atoms with E-state index in [4.69, 9.17) is 11.6 Å². The highest BCUT2D eigenvalue weighted by molar-refractivity contribution is 7.89. The quantitative estimate of drug-likeness (QED) is 0.636. The number of likely N-dealkylation sites (N-methyl/N-ethyl adjacent to an activating group) is 1. The Kier molecular flexibility index (Phi) is 7.14. The topological polar surface area (TPSA) is 81.7 Å². The van der Waals surface area contributed by atoms with Crippen LogP contribution in [0, 0.1) is 0 Å². The molecule has 30 heavy (non-hydrogen) atoms. The fraction of sp³-hybridized carbons (Fsp3) is 0.286. The third-order valence-corrected chi connectivity index (χ3v) is 6.57. The first-order valence-corrected chi connectivity index (χ1v) is 11.4. The summed E-state index contributed by atoms with van der Waals surface area (Å²) in [5, 5.41) is 3.44. The molecule has 0 aliphatic carbocycles. The largest absolute Gasteiger partial charge is 0.367 e. The average molecular weight is 449 g/mol. The van der Waals surface area contributed by atoms with Crippen LogP contribution in [0.25, 0.3) is 0 Å². The minimum Gasteiger partial charge on any atom is -0.367 e. The van der Waals surface area contributed by atoms with Crippen molar-refractivity contribution in [1.82, 2.24) is 9.62 Å². The number of sulfonamides is 1. The lowest BCUT2D eigenvalue weighted by atomic mass is 10.1. The maximum atomic E-state index is 12.8. The number of hydrogen-bond donors (Lipinski definition) is 2. The van der Waals surface area contributed by atoms with Crippen LogP contribution in [0.4, 0.5) is 11.4 Å². The van der Waals surface area contributed by atoms with E-state index < -0.39 is 10.0 Å². The van der Waals surface area contributed by atoms with Gasteiger partial charge in [0.25, 0.3) is 5.91 Å². The van der Waals surface area contributed by atoms with Crippen LogP contribution in [0.1, 0.15) is 10.4 Å². The minimum atomic E-state index is -3.64. The first kappa shape index (κ1) is 22.3. The van der Waals surface area contributed by atoms with Gasteiger partial charge in [-0.1, -0.05) is 17.7 Å². The van der Waals surface area contributed by atoms with Gasteiger partial charge >= 0.3 is 0 Å². The Balaban J connectivity index is 1.77. The van der Waals surface area contributed by atoms with Gasteiger partial charge in [0.2, 0.25) is 10.0 Å². The van der Waals surface area contributed by atoms with Gasteiger partial charge in [-0.3, -0.25) is 4.79 Å². The van der Waals surface area contributed by atoms with Crippen LogP contribution < -0.4 is 14.9 Å². The van der Waals surface area contributed by atoms with Crippen LogP contribution in [0.5, 0.6) is 0 Å². The molecule has 1 aliphatic rings. The van der Waals surface area contributed by atoms with Crippen molar-refractivity contribution in [3.63, 3.8) is 0 Å². The lowest BCUT2D eigenvalue weighted by Crippen LogP contribution is -2.44. The Morgan fingerprint density at radius 1 is 1.13 bits per heavy atom. The van der Waals surface area contributed by atoms with Crippen molar-refractivity contribution in [3.8, 4) is 0 Å². The molecule has 1 aliphatic heterocycles. The van der Waals surface area contributed by atoms with Crippen LogP contribution in [0.3, 0.4) is 0 Å². The van der Waals surface area contributed by atoms with Crippen LogP contribution in [-0.4, -0.2) is 59.0 Å². The normalized spacial score (nSPS) is 15.1. The van der Waals surface area contributed by atoms with Crippen molar-refractivity contribution >= 4 is 38.9 Å². The highest BCUT2D eigenvalue weighted by atomic mass is 35.5. The van der Waals surface area contributed by atoms with Crippen LogP contribution in [-0.2, 0) is 10.0 Å². The zero-order valence-corrected chi connectivity index (χ0v) is 18.3. The monoisotopic (exact) mass is 448 g/mol. The number of nitrogens with one attached hydrogen (secondary N) is 2. The fourth-order valence-electron chi connectivity index (χ4n) is 3.16. The number of anilines is 2. The van der Waals surface area contributed by atoms with E-state index in [1.165, 1.54) is 30.3 Å². The first-order valence-electron chi connectivity index (χ1n) is 9.55. The molecule has 0 saturated carbocycles. The summed E-state index contributed by atoms with van der Waals surface area (Å²) in [6.07, 6.45) is 1.46. The third-order valence-electron chi connectivity index (χ3n) is 4.90. The zero-order chi connectivity index (χ0) is 21.7. The number of amides is 1. The standard InChI is InChI=1S/C21H25ClN4O3S/c1-3-10-23-30(28,29)18-7-4-16(5-8-18)21(27)24-19-15-17(22)6-9-20(19)26-13-11-25(2)12-14-26/h3-9,15,23H,1,10-14H2,2H3,(H,24,27).